The van der Waals surface area contributed by atoms with Crippen molar-refractivity contribution in [2.75, 3.05) is 43.2 Å². The van der Waals surface area contributed by atoms with E-state index in [4.69, 9.17) is 9.47 Å². The fraction of sp³-hybridized carbons (Fsp3) is 0.263. The minimum atomic E-state index is 0.265. The van der Waals surface area contributed by atoms with Crippen LogP contribution >= 0.6 is 0 Å². The smallest absolute Gasteiger partial charge is 0.231 e. The van der Waals surface area contributed by atoms with E-state index < -0.39 is 0 Å². The highest BCUT2D eigenvalue weighted by Crippen LogP contribution is 2.36. The van der Waals surface area contributed by atoms with Crippen LogP contribution in [0.5, 0.6) is 11.5 Å². The fourth-order valence-corrected chi connectivity index (χ4v) is 3.40. The zero-order chi connectivity index (χ0) is 17.3. The van der Waals surface area contributed by atoms with Gasteiger partial charge in [0, 0.05) is 48.7 Å². The molecule has 2 aromatic carbocycles. The first kappa shape index (κ1) is 15.2. The first-order valence-electron chi connectivity index (χ1n) is 8.76. The van der Waals surface area contributed by atoms with Crippen LogP contribution in [0.4, 0.5) is 17.3 Å². The van der Waals surface area contributed by atoms with Crippen LogP contribution in [-0.4, -0.2) is 43.2 Å². The number of fused-ring (bicyclic) bond motifs is 2. The summed E-state index contributed by atoms with van der Waals surface area (Å²) in [6.07, 6.45) is 0. The van der Waals surface area contributed by atoms with Gasteiger partial charge in [-0.3, -0.25) is 0 Å². The summed E-state index contributed by atoms with van der Waals surface area (Å²) >= 11 is 0. The Hall–Kier alpha value is -3.06. The molecule has 0 unspecified atom stereocenters. The minimum absolute atomic E-state index is 0.265. The van der Waals surface area contributed by atoms with Gasteiger partial charge < -0.3 is 25.0 Å². The van der Waals surface area contributed by atoms with Crippen molar-refractivity contribution in [1.29, 1.82) is 0 Å². The molecule has 0 radical (unpaired) electrons. The lowest BCUT2D eigenvalue weighted by atomic mass is 10.1. The molecule has 0 saturated carbocycles. The molecule has 0 aliphatic carbocycles. The van der Waals surface area contributed by atoms with Gasteiger partial charge in [-0.05, 0) is 12.1 Å². The second-order valence-corrected chi connectivity index (χ2v) is 6.35. The third-order valence-corrected chi connectivity index (χ3v) is 4.72. The summed E-state index contributed by atoms with van der Waals surface area (Å²) in [6.45, 7) is 4.07. The summed E-state index contributed by atoms with van der Waals surface area (Å²) in [7, 11) is 0. The highest BCUT2D eigenvalue weighted by Gasteiger charge is 2.18. The molecule has 0 amide bonds. The van der Waals surface area contributed by atoms with Crippen molar-refractivity contribution in [3.8, 4) is 11.5 Å². The Kier molecular flexibility index (Phi) is 3.71. The van der Waals surface area contributed by atoms with E-state index in [1.165, 1.54) is 0 Å². The molecule has 2 aliphatic rings. The number of hydrogen-bond donors (Lipinski definition) is 2. The number of aromatic nitrogens is 2. The molecule has 0 atom stereocenters. The normalized spacial score (nSPS) is 16.1. The molecule has 1 aromatic heterocycles. The highest BCUT2D eigenvalue weighted by atomic mass is 16.7. The van der Waals surface area contributed by atoms with Gasteiger partial charge in [0.25, 0.3) is 0 Å². The first-order chi connectivity index (χ1) is 12.9. The third-order valence-electron chi connectivity index (χ3n) is 4.72. The molecule has 7 nitrogen and oxygen atoms in total. The Bertz CT molecular complexity index is 956. The van der Waals surface area contributed by atoms with Crippen molar-refractivity contribution in [2.24, 2.45) is 0 Å². The predicted octanol–water partition coefficient (Wildman–Crippen LogP) is 2.51. The maximum absolute atomic E-state index is 5.45. The molecule has 3 heterocycles. The predicted molar refractivity (Wildman–Crippen MR) is 100 cm³/mol. The van der Waals surface area contributed by atoms with Crippen LogP contribution in [0.1, 0.15) is 0 Å². The van der Waals surface area contributed by atoms with E-state index in [1.54, 1.807) is 0 Å². The average Bonchev–Trinajstić information content (AvgIpc) is 3.17. The molecule has 1 saturated heterocycles. The Morgan fingerprint density at radius 3 is 2.62 bits per heavy atom. The average molecular weight is 349 g/mol. The lowest BCUT2D eigenvalue weighted by Gasteiger charge is -2.29. The number of anilines is 3. The van der Waals surface area contributed by atoms with Crippen molar-refractivity contribution in [3.05, 3.63) is 42.5 Å². The fourth-order valence-electron chi connectivity index (χ4n) is 3.40. The molecule has 132 valence electrons. The van der Waals surface area contributed by atoms with Crippen LogP contribution < -0.4 is 25.0 Å². The second-order valence-electron chi connectivity index (χ2n) is 6.35. The van der Waals surface area contributed by atoms with Crippen LogP contribution in [0, 0.1) is 0 Å². The summed E-state index contributed by atoms with van der Waals surface area (Å²) in [5.41, 5.74) is 0.892. The molecule has 2 N–H and O–H groups in total. The van der Waals surface area contributed by atoms with Crippen LogP contribution in [0.3, 0.4) is 0 Å². The number of ether oxygens (including phenoxy) is 2. The van der Waals surface area contributed by atoms with Crippen LogP contribution in [-0.2, 0) is 0 Å². The lowest BCUT2D eigenvalue weighted by molar-refractivity contribution is 0.174. The standard InChI is InChI=1S/C19H19N5O2/c1-2-4-15-14(3-1)18(22-23-19(15)24-9-7-20-8-10-24)21-13-5-6-16-17(11-13)26-12-25-16/h1-6,11,20H,7-10,12H2,(H,21,22). The monoisotopic (exact) mass is 349 g/mol. The van der Waals surface area contributed by atoms with Gasteiger partial charge in [-0.25, -0.2) is 0 Å². The third kappa shape index (κ3) is 2.66. The molecule has 26 heavy (non-hydrogen) atoms. The first-order valence-corrected chi connectivity index (χ1v) is 8.76. The zero-order valence-corrected chi connectivity index (χ0v) is 14.2. The second kappa shape index (κ2) is 6.34. The lowest BCUT2D eigenvalue weighted by Crippen LogP contribution is -2.44. The van der Waals surface area contributed by atoms with E-state index in [9.17, 15) is 0 Å². The molecule has 1 fully saturated rings. The van der Waals surface area contributed by atoms with E-state index in [2.05, 4.69) is 37.9 Å². The van der Waals surface area contributed by atoms with Gasteiger partial charge >= 0.3 is 0 Å². The number of rotatable bonds is 3. The SMILES string of the molecule is c1ccc2c(N3CCNCC3)nnc(Nc3ccc4c(c3)OCO4)c2c1. The van der Waals surface area contributed by atoms with Crippen LogP contribution in [0.15, 0.2) is 42.5 Å². The van der Waals surface area contributed by atoms with Gasteiger partial charge in [-0.2, -0.15) is 0 Å². The van der Waals surface area contributed by atoms with E-state index >= 15 is 0 Å². The molecular weight excluding hydrogens is 330 g/mol. The Morgan fingerprint density at radius 2 is 1.73 bits per heavy atom. The Balaban J connectivity index is 1.52. The molecule has 3 aromatic rings. The molecule has 7 heteroatoms. The molecule has 2 aliphatic heterocycles. The van der Waals surface area contributed by atoms with Crippen molar-refractivity contribution < 1.29 is 9.47 Å². The molecule has 5 rings (SSSR count). The minimum Gasteiger partial charge on any atom is -0.454 e. The topological polar surface area (TPSA) is 71.5 Å². The number of benzene rings is 2. The van der Waals surface area contributed by atoms with Crippen LogP contribution in [0.25, 0.3) is 10.8 Å². The number of nitrogens with zero attached hydrogens (tertiary/aromatic N) is 3. The maximum Gasteiger partial charge on any atom is 0.231 e. The van der Waals surface area contributed by atoms with Gasteiger partial charge in [0.05, 0.1) is 0 Å². The highest BCUT2D eigenvalue weighted by molar-refractivity contribution is 5.99. The zero-order valence-electron chi connectivity index (χ0n) is 14.2. The summed E-state index contributed by atoms with van der Waals surface area (Å²) in [6, 6.07) is 14.0. The summed E-state index contributed by atoms with van der Waals surface area (Å²) in [5, 5.41) is 17.9. The van der Waals surface area contributed by atoms with E-state index in [0.717, 1.165) is 65.8 Å². The molecule has 0 bridgehead atoms. The largest absolute Gasteiger partial charge is 0.454 e. The van der Waals surface area contributed by atoms with Gasteiger partial charge in [-0.15, -0.1) is 10.2 Å². The quantitative estimate of drug-likeness (QED) is 0.753. The van der Waals surface area contributed by atoms with Gasteiger partial charge in [0.2, 0.25) is 6.79 Å². The molecule has 0 spiro atoms. The van der Waals surface area contributed by atoms with E-state index in [0.29, 0.717) is 0 Å². The van der Waals surface area contributed by atoms with Gasteiger partial charge in [0.15, 0.2) is 23.1 Å². The summed E-state index contributed by atoms with van der Waals surface area (Å²) < 4.78 is 10.8. The van der Waals surface area contributed by atoms with Crippen molar-refractivity contribution in [2.45, 2.75) is 0 Å². The maximum atomic E-state index is 5.45. The van der Waals surface area contributed by atoms with Crippen LogP contribution in [0.2, 0.25) is 0 Å². The van der Waals surface area contributed by atoms with E-state index in [1.807, 2.05) is 30.3 Å². The van der Waals surface area contributed by atoms with E-state index in [-0.39, 0.29) is 6.79 Å². The number of nitrogens with one attached hydrogen (secondary N) is 2. The van der Waals surface area contributed by atoms with Gasteiger partial charge in [-0.1, -0.05) is 24.3 Å². The molecular formula is C19H19N5O2. The summed E-state index contributed by atoms with van der Waals surface area (Å²) in [5.74, 6) is 3.18. The summed E-state index contributed by atoms with van der Waals surface area (Å²) in [4.78, 5) is 2.29. The van der Waals surface area contributed by atoms with Crippen molar-refractivity contribution in [3.63, 3.8) is 0 Å². The number of piperazine rings is 1. The van der Waals surface area contributed by atoms with Crippen molar-refractivity contribution >= 4 is 28.1 Å². The van der Waals surface area contributed by atoms with Gasteiger partial charge in [0.1, 0.15) is 0 Å². The number of hydrogen-bond acceptors (Lipinski definition) is 7. The Labute approximate surface area is 150 Å². The Morgan fingerprint density at radius 1 is 0.923 bits per heavy atom. The van der Waals surface area contributed by atoms with Crippen molar-refractivity contribution in [1.82, 2.24) is 15.5 Å².